The zero-order valence-electron chi connectivity index (χ0n) is 34.5. The van der Waals surface area contributed by atoms with Gasteiger partial charge in [0.25, 0.3) is 0 Å². The number of fused-ring (bicyclic) bond motifs is 2. The van der Waals surface area contributed by atoms with E-state index in [2.05, 4.69) is 74.6 Å². The van der Waals surface area contributed by atoms with Gasteiger partial charge in [0.1, 0.15) is 0 Å². The summed E-state index contributed by atoms with van der Waals surface area (Å²) < 4.78 is 0. The third kappa shape index (κ3) is 27.1. The van der Waals surface area contributed by atoms with E-state index in [9.17, 15) is 0 Å². The van der Waals surface area contributed by atoms with Gasteiger partial charge in [0, 0.05) is 0 Å². The second-order valence-electron chi connectivity index (χ2n) is 15.1. The molecule has 4 fully saturated rings. The van der Waals surface area contributed by atoms with Crippen LogP contribution in [-0.2, 0) is 41.7 Å². The molecule has 6 aliphatic carbocycles. The van der Waals surface area contributed by atoms with Crippen LogP contribution in [0.4, 0.5) is 0 Å². The van der Waals surface area contributed by atoms with Gasteiger partial charge in [-0.3, -0.25) is 0 Å². The van der Waals surface area contributed by atoms with Crippen molar-refractivity contribution in [2.45, 2.75) is 163 Å². The molecule has 0 aromatic carbocycles. The van der Waals surface area contributed by atoms with Crippen molar-refractivity contribution in [1.29, 1.82) is 0 Å². The summed E-state index contributed by atoms with van der Waals surface area (Å²) in [5, 5.41) is 0. The second kappa shape index (κ2) is 41.8. The van der Waals surface area contributed by atoms with Crippen LogP contribution in [0.5, 0.6) is 0 Å². The Balaban J connectivity index is -0.000000348. The fourth-order valence-electron chi connectivity index (χ4n) is 9.24. The first kappa shape index (κ1) is 61.3. The zero-order chi connectivity index (χ0) is 34.7. The van der Waals surface area contributed by atoms with E-state index < -0.39 is 41.7 Å². The molecule has 0 aromatic rings. The van der Waals surface area contributed by atoms with E-state index in [1.807, 2.05) is 0 Å². The molecule has 6 unspecified atom stereocenters. The molecule has 0 spiro atoms. The maximum atomic E-state index is 4.93. The van der Waals surface area contributed by atoms with Crippen LogP contribution in [0.1, 0.15) is 163 Å². The summed E-state index contributed by atoms with van der Waals surface area (Å²) in [5.74, 6) is 7.45. The van der Waals surface area contributed by atoms with Crippen LogP contribution >= 0.6 is 34.1 Å². The van der Waals surface area contributed by atoms with Crippen molar-refractivity contribution in [1.82, 2.24) is 0 Å². The molecule has 0 N–H and O–H groups in total. The fraction of sp³-hybridized carbons (Fsp3) is 0.702. The van der Waals surface area contributed by atoms with Crippen molar-refractivity contribution in [2.75, 3.05) is 0 Å². The Hall–Kier alpha value is 1.63. The summed E-state index contributed by atoms with van der Waals surface area (Å²) >= 11 is -1.65. The van der Waals surface area contributed by atoms with Crippen molar-refractivity contribution in [3.8, 4) is 0 Å². The van der Waals surface area contributed by atoms with E-state index in [-0.39, 0.29) is 37.1 Å². The van der Waals surface area contributed by atoms with Gasteiger partial charge in [-0.2, -0.15) is 0 Å². The molecule has 53 heavy (non-hydrogen) atoms. The van der Waals surface area contributed by atoms with E-state index in [1.165, 1.54) is 141 Å². The molecule has 0 aliphatic heterocycles. The molecule has 6 atom stereocenters. The Kier molecular flexibility index (Phi) is 48.3. The molecule has 6 aliphatic rings. The Labute approximate surface area is 372 Å². The van der Waals surface area contributed by atoms with Crippen molar-refractivity contribution in [3.63, 3.8) is 0 Å². The number of unbranched alkanes of at least 4 members (excludes halogenated alkanes) is 2. The summed E-state index contributed by atoms with van der Waals surface area (Å²) in [6, 6.07) is 0. The average molecular weight is 973 g/mol. The van der Waals surface area contributed by atoms with Gasteiger partial charge >= 0.3 is 75.7 Å². The zero-order valence-corrected chi connectivity index (χ0v) is 42.4. The summed E-state index contributed by atoms with van der Waals surface area (Å²) in [6.45, 7) is 4.57. The van der Waals surface area contributed by atoms with Crippen LogP contribution in [0.15, 0.2) is 60.8 Å². The molecule has 6 heteroatoms. The van der Waals surface area contributed by atoms with Crippen LogP contribution in [-0.4, -0.2) is 0 Å². The van der Waals surface area contributed by atoms with Crippen molar-refractivity contribution in [3.05, 3.63) is 90.5 Å². The SMILES string of the molecule is C.C1=CC2CCC(CC/C=C/CCC3CCC4C=CC=CC43)C2C=C1.CCCCC1CCCC1.CCCCC1CCCC1.[CH3-].[CH3-].[CH3-].[CH3-].[Cl][Zr+2][Cl].[Cl][Zr+2][Cl]. The first-order chi connectivity index (χ1) is 23.6. The Bertz CT molecular complexity index is 832. The summed E-state index contributed by atoms with van der Waals surface area (Å²) in [5.41, 5.74) is 0. The number of halogens is 4. The van der Waals surface area contributed by atoms with Gasteiger partial charge in [-0.05, 0) is 98.7 Å². The van der Waals surface area contributed by atoms with Crippen molar-refractivity contribution in [2.24, 2.45) is 47.3 Å². The molecule has 0 amide bonds. The third-order valence-electron chi connectivity index (χ3n) is 11.9. The van der Waals surface area contributed by atoms with Crippen molar-refractivity contribution < 1.29 is 41.7 Å². The summed E-state index contributed by atoms with van der Waals surface area (Å²) in [4.78, 5) is 0. The van der Waals surface area contributed by atoms with Crippen LogP contribution in [0.3, 0.4) is 0 Å². The fourth-order valence-corrected chi connectivity index (χ4v) is 9.24. The number of hydrogen-bond donors (Lipinski definition) is 0. The predicted molar refractivity (Wildman–Crippen MR) is 242 cm³/mol. The van der Waals surface area contributed by atoms with Gasteiger partial charge in [-0.15, -0.1) is 0 Å². The molecular weight excluding hydrogens is 889 g/mol. The normalized spacial score (nSPS) is 25.5. The van der Waals surface area contributed by atoms with E-state index in [0.717, 1.165) is 47.3 Å². The van der Waals surface area contributed by atoms with Gasteiger partial charge in [0.2, 0.25) is 0 Å². The third-order valence-corrected chi connectivity index (χ3v) is 11.9. The molecule has 0 bridgehead atoms. The van der Waals surface area contributed by atoms with Crippen LogP contribution in [0.25, 0.3) is 0 Å². The standard InChI is InChI=1S/C24H32.2C9H18.CH4.4CH3.4ClH.2Zr/c1(3-9-19-15-17-21-11-5-7-13-23(19)21)2-4-10-20-16-18-22-12-6-8-14-24(20)22;2*1-2-3-6-9-7-4-5-8-9;;;;;;;;;;;/h1-2,5-8,11-14,19-24H,3-4,9-10,15-18H2;2*9H,2-8H2,1H3;1H4;4*1H3;4*1H;;/q;;;;4*-1;;;;;2*+4/p-4/b2-1+;;;;;;;;;;;;;. The monoisotopic (exact) mass is 968 g/mol. The molecule has 0 aromatic heterocycles. The summed E-state index contributed by atoms with van der Waals surface area (Å²) in [6.07, 6.45) is 55.6. The number of rotatable bonds is 12. The molecule has 0 saturated heterocycles. The second-order valence-corrected chi connectivity index (χ2v) is 22.5. The number of allylic oxidation sites excluding steroid dienone is 10. The minimum atomic E-state index is -0.826. The van der Waals surface area contributed by atoms with Crippen LogP contribution < -0.4 is 0 Å². The quantitative estimate of drug-likeness (QED) is 0.135. The van der Waals surface area contributed by atoms with E-state index in [4.69, 9.17) is 34.1 Å². The van der Waals surface area contributed by atoms with Crippen LogP contribution in [0, 0.1) is 77.0 Å². The Morgan fingerprint density at radius 3 is 1.13 bits per heavy atom. The van der Waals surface area contributed by atoms with Crippen LogP contribution in [0.2, 0.25) is 0 Å². The Morgan fingerprint density at radius 1 is 0.491 bits per heavy atom. The van der Waals surface area contributed by atoms with E-state index in [0.29, 0.717) is 0 Å². The molecule has 0 nitrogen and oxygen atoms in total. The molecule has 308 valence electrons. The Morgan fingerprint density at radius 2 is 0.811 bits per heavy atom. The van der Waals surface area contributed by atoms with Gasteiger partial charge in [0.05, 0.1) is 0 Å². The molecule has 0 radical (unpaired) electrons. The molecular formula is C47H84Cl4Zr2. The first-order valence-electron chi connectivity index (χ1n) is 19.9. The predicted octanol–water partition coefficient (Wildman–Crippen LogP) is 18.6. The van der Waals surface area contributed by atoms with Gasteiger partial charge in [-0.1, -0.05) is 172 Å². The molecule has 4 saturated carbocycles. The summed E-state index contributed by atoms with van der Waals surface area (Å²) in [7, 11) is 19.7. The van der Waals surface area contributed by atoms with E-state index in [1.54, 1.807) is 0 Å². The average Bonchev–Trinajstić information content (AvgIpc) is 3.94. The van der Waals surface area contributed by atoms with Gasteiger partial charge in [0.15, 0.2) is 0 Å². The maximum absolute atomic E-state index is 4.93. The first-order valence-corrected chi connectivity index (χ1v) is 32.5. The molecule has 0 heterocycles. The number of hydrogen-bond acceptors (Lipinski definition) is 0. The van der Waals surface area contributed by atoms with Gasteiger partial charge in [-0.25, -0.2) is 0 Å². The van der Waals surface area contributed by atoms with Gasteiger partial charge < -0.3 is 29.7 Å². The van der Waals surface area contributed by atoms with Crippen molar-refractivity contribution >= 4 is 34.1 Å². The molecule has 6 rings (SSSR count). The topological polar surface area (TPSA) is 0 Å². The minimum absolute atomic E-state index is 0. The van der Waals surface area contributed by atoms with E-state index >= 15 is 0 Å².